The summed E-state index contributed by atoms with van der Waals surface area (Å²) in [5.41, 5.74) is 1.36. The van der Waals surface area contributed by atoms with Crippen LogP contribution in [0.3, 0.4) is 0 Å². The van der Waals surface area contributed by atoms with Crippen LogP contribution in [-0.2, 0) is 0 Å². The molecule has 0 aliphatic heterocycles. The van der Waals surface area contributed by atoms with Gasteiger partial charge in [-0.3, -0.25) is 4.90 Å². The lowest BCUT2D eigenvalue weighted by molar-refractivity contribution is 0.271. The van der Waals surface area contributed by atoms with Gasteiger partial charge in [0, 0.05) is 26.2 Å². The molecule has 0 spiro atoms. The van der Waals surface area contributed by atoms with Crippen molar-refractivity contribution in [3.8, 4) is 0 Å². The molecule has 2 nitrogen and oxygen atoms in total. The van der Waals surface area contributed by atoms with Crippen LogP contribution < -0.4 is 5.32 Å². The van der Waals surface area contributed by atoms with Crippen molar-refractivity contribution >= 4 is 0 Å². The van der Waals surface area contributed by atoms with E-state index in [0.29, 0.717) is 0 Å². The fraction of sp³-hybridized carbons (Fsp3) is 0.867. The standard InChI is InChI=1S/C15H28N2/c1-3-8-16-9-13(2)10-17(11-14-4-5-14)12-15-6-7-15/h14-16H,2-12H2,1H3. The van der Waals surface area contributed by atoms with Gasteiger partial charge < -0.3 is 5.32 Å². The lowest BCUT2D eigenvalue weighted by Gasteiger charge is -2.23. The maximum absolute atomic E-state index is 4.22. The number of hydrogen-bond donors (Lipinski definition) is 1. The molecule has 0 radical (unpaired) electrons. The van der Waals surface area contributed by atoms with Crippen LogP contribution in [0.4, 0.5) is 0 Å². The van der Waals surface area contributed by atoms with Crippen LogP contribution in [-0.4, -0.2) is 37.6 Å². The van der Waals surface area contributed by atoms with Gasteiger partial charge in [0.1, 0.15) is 0 Å². The van der Waals surface area contributed by atoms with Crippen LogP contribution in [0.15, 0.2) is 12.2 Å². The molecule has 1 N–H and O–H groups in total. The van der Waals surface area contributed by atoms with Gasteiger partial charge in [-0.15, -0.1) is 0 Å². The molecular formula is C15H28N2. The minimum absolute atomic E-state index is 1.000. The summed E-state index contributed by atoms with van der Waals surface area (Å²) in [5, 5.41) is 3.45. The molecule has 2 saturated carbocycles. The molecule has 0 bridgehead atoms. The minimum Gasteiger partial charge on any atom is -0.313 e. The molecule has 0 aromatic heterocycles. The van der Waals surface area contributed by atoms with Crippen molar-refractivity contribution in [2.24, 2.45) is 11.8 Å². The molecular weight excluding hydrogens is 208 g/mol. The van der Waals surface area contributed by atoms with Crippen LogP contribution in [0.5, 0.6) is 0 Å². The van der Waals surface area contributed by atoms with E-state index in [1.54, 1.807) is 0 Å². The molecule has 0 aromatic rings. The summed E-state index contributed by atoms with van der Waals surface area (Å²) in [5.74, 6) is 2.01. The normalized spacial score (nSPS) is 19.9. The fourth-order valence-electron chi connectivity index (χ4n) is 2.35. The highest BCUT2D eigenvalue weighted by atomic mass is 15.1. The zero-order valence-electron chi connectivity index (χ0n) is 11.4. The lowest BCUT2D eigenvalue weighted by Crippen LogP contribution is -2.32. The van der Waals surface area contributed by atoms with Gasteiger partial charge >= 0.3 is 0 Å². The highest BCUT2D eigenvalue weighted by molar-refractivity contribution is 5.01. The molecule has 0 aromatic carbocycles. The van der Waals surface area contributed by atoms with Gasteiger partial charge in [0.2, 0.25) is 0 Å². The van der Waals surface area contributed by atoms with Crippen molar-refractivity contribution in [2.75, 3.05) is 32.7 Å². The predicted molar refractivity (Wildman–Crippen MR) is 74.2 cm³/mol. The van der Waals surface area contributed by atoms with E-state index in [9.17, 15) is 0 Å². The second-order valence-electron chi connectivity index (χ2n) is 6.01. The van der Waals surface area contributed by atoms with Gasteiger partial charge in [-0.2, -0.15) is 0 Å². The molecule has 2 aliphatic carbocycles. The second-order valence-corrected chi connectivity index (χ2v) is 6.01. The average Bonchev–Trinajstić information content (AvgIpc) is 3.14. The minimum atomic E-state index is 1.000. The third-order valence-corrected chi connectivity index (χ3v) is 3.68. The average molecular weight is 236 g/mol. The van der Waals surface area contributed by atoms with E-state index in [1.807, 2.05) is 0 Å². The first-order chi connectivity index (χ1) is 8.28. The summed E-state index contributed by atoms with van der Waals surface area (Å²) in [4.78, 5) is 2.66. The molecule has 2 heteroatoms. The van der Waals surface area contributed by atoms with E-state index in [4.69, 9.17) is 0 Å². The fourth-order valence-corrected chi connectivity index (χ4v) is 2.35. The Morgan fingerprint density at radius 1 is 1.18 bits per heavy atom. The molecule has 98 valence electrons. The summed E-state index contributed by atoms with van der Waals surface area (Å²) in [6.07, 6.45) is 7.05. The monoisotopic (exact) mass is 236 g/mol. The molecule has 0 unspecified atom stereocenters. The number of nitrogens with zero attached hydrogens (tertiary/aromatic N) is 1. The van der Waals surface area contributed by atoms with Crippen molar-refractivity contribution in [2.45, 2.75) is 39.0 Å². The van der Waals surface area contributed by atoms with Gasteiger partial charge in [-0.25, -0.2) is 0 Å². The predicted octanol–water partition coefficient (Wildman–Crippen LogP) is 2.66. The Balaban J connectivity index is 1.64. The van der Waals surface area contributed by atoms with Gasteiger partial charge in [-0.1, -0.05) is 13.5 Å². The van der Waals surface area contributed by atoms with E-state index in [-0.39, 0.29) is 0 Å². The Labute approximate surface area is 106 Å². The Hall–Kier alpha value is -0.340. The van der Waals surface area contributed by atoms with Crippen LogP contribution in [0.25, 0.3) is 0 Å². The van der Waals surface area contributed by atoms with Crippen LogP contribution >= 0.6 is 0 Å². The van der Waals surface area contributed by atoms with Gasteiger partial charge in [0.15, 0.2) is 0 Å². The molecule has 2 aliphatic rings. The molecule has 0 heterocycles. The van der Waals surface area contributed by atoms with E-state index >= 15 is 0 Å². The summed E-state index contributed by atoms with van der Waals surface area (Å²) in [6.45, 7) is 12.3. The van der Waals surface area contributed by atoms with Crippen molar-refractivity contribution in [3.63, 3.8) is 0 Å². The number of nitrogens with one attached hydrogen (secondary N) is 1. The Bertz CT molecular complexity index is 227. The van der Waals surface area contributed by atoms with Crippen LogP contribution in [0.2, 0.25) is 0 Å². The molecule has 2 rings (SSSR count). The highest BCUT2D eigenvalue weighted by Crippen LogP contribution is 2.33. The summed E-state index contributed by atoms with van der Waals surface area (Å²) < 4.78 is 0. The molecule has 0 atom stereocenters. The first-order valence-corrected chi connectivity index (χ1v) is 7.37. The third-order valence-electron chi connectivity index (χ3n) is 3.68. The van der Waals surface area contributed by atoms with Crippen molar-refractivity contribution in [1.82, 2.24) is 10.2 Å². The van der Waals surface area contributed by atoms with Gasteiger partial charge in [0.05, 0.1) is 0 Å². The SMILES string of the molecule is C=C(CNCCC)CN(CC1CC1)CC1CC1. The Morgan fingerprint density at radius 3 is 2.24 bits per heavy atom. The maximum atomic E-state index is 4.22. The molecule has 0 amide bonds. The largest absolute Gasteiger partial charge is 0.313 e. The van der Waals surface area contributed by atoms with E-state index in [0.717, 1.165) is 31.5 Å². The smallest absolute Gasteiger partial charge is 0.0203 e. The second kappa shape index (κ2) is 6.55. The van der Waals surface area contributed by atoms with Crippen molar-refractivity contribution in [3.05, 3.63) is 12.2 Å². The van der Waals surface area contributed by atoms with Crippen molar-refractivity contribution < 1.29 is 0 Å². The molecule has 2 fully saturated rings. The summed E-state index contributed by atoms with van der Waals surface area (Å²) in [7, 11) is 0. The lowest BCUT2D eigenvalue weighted by atomic mass is 10.2. The quantitative estimate of drug-likeness (QED) is 0.463. The van der Waals surface area contributed by atoms with Crippen LogP contribution in [0.1, 0.15) is 39.0 Å². The highest BCUT2D eigenvalue weighted by Gasteiger charge is 2.29. The first kappa shape index (κ1) is 13.1. The van der Waals surface area contributed by atoms with Gasteiger partial charge in [0.25, 0.3) is 0 Å². The third kappa shape index (κ3) is 5.69. The van der Waals surface area contributed by atoms with E-state index in [1.165, 1.54) is 50.8 Å². The Morgan fingerprint density at radius 2 is 1.76 bits per heavy atom. The Kier molecular flexibility index (Phi) is 5.05. The zero-order chi connectivity index (χ0) is 12.1. The topological polar surface area (TPSA) is 15.3 Å². The van der Waals surface area contributed by atoms with E-state index in [2.05, 4.69) is 23.7 Å². The zero-order valence-corrected chi connectivity index (χ0v) is 11.4. The van der Waals surface area contributed by atoms with Gasteiger partial charge in [-0.05, 0) is 56.1 Å². The number of rotatable bonds is 10. The van der Waals surface area contributed by atoms with E-state index < -0.39 is 0 Å². The summed E-state index contributed by atoms with van der Waals surface area (Å²) in [6, 6.07) is 0. The van der Waals surface area contributed by atoms with Crippen molar-refractivity contribution in [1.29, 1.82) is 0 Å². The molecule has 17 heavy (non-hydrogen) atoms. The van der Waals surface area contributed by atoms with Crippen LogP contribution in [0, 0.1) is 11.8 Å². The summed E-state index contributed by atoms with van der Waals surface area (Å²) >= 11 is 0. The number of hydrogen-bond acceptors (Lipinski definition) is 2. The first-order valence-electron chi connectivity index (χ1n) is 7.37. The maximum Gasteiger partial charge on any atom is 0.0203 e. The molecule has 0 saturated heterocycles.